The van der Waals surface area contributed by atoms with E-state index < -0.39 is 0 Å². The molecule has 0 saturated carbocycles. The molecule has 3 rings (SSSR count). The van der Waals surface area contributed by atoms with Gasteiger partial charge in [0.2, 0.25) is 0 Å². The lowest BCUT2D eigenvalue weighted by Crippen LogP contribution is -2.27. The fraction of sp³-hybridized carbons (Fsp3) is 0.316. The number of carbonyl (C=O) groups excluding carboxylic acids is 1. The van der Waals surface area contributed by atoms with Gasteiger partial charge in [-0.1, -0.05) is 63.2 Å². The molecule has 0 amide bonds. The Labute approximate surface area is 126 Å². The van der Waals surface area contributed by atoms with Crippen LogP contribution in [0.4, 0.5) is 5.69 Å². The predicted octanol–water partition coefficient (Wildman–Crippen LogP) is 4.20. The Hall–Kier alpha value is -2.09. The Balaban J connectivity index is 1.78. The van der Waals surface area contributed by atoms with Gasteiger partial charge in [0.1, 0.15) is 0 Å². The summed E-state index contributed by atoms with van der Waals surface area (Å²) < 4.78 is 0. The first kappa shape index (κ1) is 13.9. The van der Waals surface area contributed by atoms with Gasteiger partial charge < -0.3 is 5.32 Å². The maximum atomic E-state index is 12.6. The Morgan fingerprint density at radius 3 is 2.33 bits per heavy atom. The van der Waals surface area contributed by atoms with Gasteiger partial charge in [-0.25, -0.2) is 0 Å². The molecule has 0 saturated heterocycles. The summed E-state index contributed by atoms with van der Waals surface area (Å²) in [5, 5.41) is 3.33. The van der Waals surface area contributed by atoms with E-state index in [1.54, 1.807) is 0 Å². The lowest BCUT2D eigenvalue weighted by Gasteiger charge is -2.19. The highest BCUT2D eigenvalue weighted by molar-refractivity contribution is 6.02. The van der Waals surface area contributed by atoms with Crippen LogP contribution in [0, 0.1) is 0 Å². The first-order chi connectivity index (χ1) is 9.95. The summed E-state index contributed by atoms with van der Waals surface area (Å²) in [5.41, 5.74) is 4.46. The molecule has 2 aromatic rings. The number of anilines is 1. The highest BCUT2D eigenvalue weighted by Gasteiger charge is 2.27. The molecule has 21 heavy (non-hydrogen) atoms. The summed E-state index contributed by atoms with van der Waals surface area (Å²) in [7, 11) is 0. The highest BCUT2D eigenvalue weighted by Crippen LogP contribution is 2.28. The van der Waals surface area contributed by atoms with E-state index >= 15 is 0 Å². The summed E-state index contributed by atoms with van der Waals surface area (Å²) >= 11 is 0. The molecule has 2 heteroatoms. The number of para-hydroxylation sites is 1. The first-order valence-electron chi connectivity index (χ1n) is 7.44. The van der Waals surface area contributed by atoms with E-state index in [1.807, 2.05) is 30.3 Å². The average molecular weight is 279 g/mol. The maximum Gasteiger partial charge on any atom is 0.185 e. The van der Waals surface area contributed by atoms with Gasteiger partial charge in [0, 0.05) is 17.7 Å². The van der Waals surface area contributed by atoms with Gasteiger partial charge in [-0.3, -0.25) is 4.79 Å². The van der Waals surface area contributed by atoms with Crippen LogP contribution in [-0.2, 0) is 11.8 Å². The second-order valence-electron chi connectivity index (χ2n) is 6.75. The van der Waals surface area contributed by atoms with Crippen molar-refractivity contribution >= 4 is 11.5 Å². The molecule has 0 aromatic heterocycles. The van der Waals surface area contributed by atoms with Gasteiger partial charge in [0.15, 0.2) is 5.78 Å². The molecule has 0 radical (unpaired) electrons. The second kappa shape index (κ2) is 5.03. The topological polar surface area (TPSA) is 29.1 Å². The molecule has 1 heterocycles. The van der Waals surface area contributed by atoms with Crippen molar-refractivity contribution in [2.24, 2.45) is 0 Å². The molecule has 108 valence electrons. The van der Waals surface area contributed by atoms with Gasteiger partial charge in [0.25, 0.3) is 0 Å². The van der Waals surface area contributed by atoms with Crippen LogP contribution in [0.1, 0.15) is 42.3 Å². The Morgan fingerprint density at radius 2 is 1.71 bits per heavy atom. The van der Waals surface area contributed by atoms with Crippen LogP contribution in [0.15, 0.2) is 48.5 Å². The van der Waals surface area contributed by atoms with E-state index in [-0.39, 0.29) is 17.2 Å². The zero-order chi connectivity index (χ0) is 15.0. The van der Waals surface area contributed by atoms with Crippen LogP contribution in [0.25, 0.3) is 0 Å². The Kier molecular flexibility index (Phi) is 3.32. The van der Waals surface area contributed by atoms with Crippen LogP contribution in [-0.4, -0.2) is 11.8 Å². The number of benzene rings is 2. The molecule has 0 fully saturated rings. The summed E-state index contributed by atoms with van der Waals surface area (Å²) in [6.45, 7) is 6.54. The predicted molar refractivity (Wildman–Crippen MR) is 87.0 cm³/mol. The molecular formula is C19H21NO. The Bertz CT molecular complexity index is 640. The lowest BCUT2D eigenvalue weighted by molar-refractivity contribution is 0.0971. The summed E-state index contributed by atoms with van der Waals surface area (Å²) in [6.07, 6.45) is 0.774. The van der Waals surface area contributed by atoms with Crippen LogP contribution in [0.2, 0.25) is 0 Å². The highest BCUT2D eigenvalue weighted by atomic mass is 16.1. The minimum absolute atomic E-state index is 0.115. The monoisotopic (exact) mass is 279 g/mol. The van der Waals surface area contributed by atoms with Crippen LogP contribution < -0.4 is 5.32 Å². The van der Waals surface area contributed by atoms with Crippen LogP contribution in [0.3, 0.4) is 0 Å². The summed E-state index contributed by atoms with van der Waals surface area (Å²) in [4.78, 5) is 12.6. The molecule has 0 aliphatic carbocycles. The van der Waals surface area contributed by atoms with E-state index in [0.717, 1.165) is 17.7 Å². The molecule has 1 atom stereocenters. The third-order valence-electron chi connectivity index (χ3n) is 4.12. The number of fused-ring (bicyclic) bond motifs is 1. The number of hydrogen-bond acceptors (Lipinski definition) is 2. The number of rotatable bonds is 2. The van der Waals surface area contributed by atoms with Gasteiger partial charge in [-0.2, -0.15) is 0 Å². The first-order valence-corrected chi connectivity index (χ1v) is 7.44. The van der Waals surface area contributed by atoms with Crippen molar-refractivity contribution in [3.63, 3.8) is 0 Å². The van der Waals surface area contributed by atoms with Gasteiger partial charge in [-0.05, 0) is 22.6 Å². The van der Waals surface area contributed by atoms with Crippen molar-refractivity contribution in [3.8, 4) is 0 Å². The molecule has 1 unspecified atom stereocenters. The zero-order valence-corrected chi connectivity index (χ0v) is 12.8. The van der Waals surface area contributed by atoms with Crippen molar-refractivity contribution < 1.29 is 4.79 Å². The van der Waals surface area contributed by atoms with Crippen LogP contribution in [0.5, 0.6) is 0 Å². The number of nitrogens with one attached hydrogen (secondary N) is 1. The lowest BCUT2D eigenvalue weighted by atomic mass is 9.86. The molecule has 0 bridgehead atoms. The fourth-order valence-electron chi connectivity index (χ4n) is 2.79. The van der Waals surface area contributed by atoms with E-state index in [4.69, 9.17) is 0 Å². The van der Waals surface area contributed by atoms with E-state index in [2.05, 4.69) is 44.3 Å². The fourth-order valence-corrected chi connectivity index (χ4v) is 2.79. The molecular weight excluding hydrogens is 258 g/mol. The molecule has 0 spiro atoms. The average Bonchev–Trinajstić information content (AvgIpc) is 2.89. The summed E-state index contributed by atoms with van der Waals surface area (Å²) in [5.74, 6) is 0.173. The third-order valence-corrected chi connectivity index (χ3v) is 4.12. The van der Waals surface area contributed by atoms with Gasteiger partial charge >= 0.3 is 0 Å². The smallest absolute Gasteiger partial charge is 0.185 e. The van der Waals surface area contributed by atoms with Crippen molar-refractivity contribution in [1.82, 2.24) is 0 Å². The molecule has 2 aromatic carbocycles. The minimum Gasteiger partial charge on any atom is -0.374 e. The van der Waals surface area contributed by atoms with E-state index in [1.165, 1.54) is 11.1 Å². The largest absolute Gasteiger partial charge is 0.374 e. The van der Waals surface area contributed by atoms with E-state index in [0.29, 0.717) is 0 Å². The molecule has 1 N–H and O–H groups in total. The number of carbonyl (C=O) groups is 1. The summed E-state index contributed by atoms with van der Waals surface area (Å²) in [6, 6.07) is 16.0. The van der Waals surface area contributed by atoms with Crippen LogP contribution >= 0.6 is 0 Å². The van der Waals surface area contributed by atoms with Crippen molar-refractivity contribution in [2.45, 2.75) is 38.6 Å². The Morgan fingerprint density at radius 1 is 1.05 bits per heavy atom. The molecule has 1 aliphatic heterocycles. The zero-order valence-electron chi connectivity index (χ0n) is 12.8. The quantitative estimate of drug-likeness (QED) is 0.835. The standard InChI is InChI=1S/C19H21NO/c1-19(2,3)15-10-8-13(9-11-15)18(21)17-12-14-6-4-5-7-16(14)20-17/h4-11,17,20H,12H2,1-3H3. The van der Waals surface area contributed by atoms with Crippen molar-refractivity contribution in [3.05, 3.63) is 65.2 Å². The number of hydrogen-bond donors (Lipinski definition) is 1. The molecule has 2 nitrogen and oxygen atoms in total. The van der Waals surface area contributed by atoms with E-state index in [9.17, 15) is 4.79 Å². The number of Topliss-reactive ketones (excluding diaryl/α,β-unsaturated/α-hetero) is 1. The second-order valence-corrected chi connectivity index (χ2v) is 6.75. The third kappa shape index (κ3) is 2.71. The van der Waals surface area contributed by atoms with Gasteiger partial charge in [-0.15, -0.1) is 0 Å². The van der Waals surface area contributed by atoms with Gasteiger partial charge in [0.05, 0.1) is 6.04 Å². The van der Waals surface area contributed by atoms with Crippen molar-refractivity contribution in [2.75, 3.05) is 5.32 Å². The maximum absolute atomic E-state index is 12.6. The molecule has 1 aliphatic rings. The number of ketones is 1. The SMILES string of the molecule is CC(C)(C)c1ccc(C(=O)C2Cc3ccccc3N2)cc1. The minimum atomic E-state index is -0.136. The van der Waals surface area contributed by atoms with Crippen molar-refractivity contribution in [1.29, 1.82) is 0 Å². The normalized spacial score (nSPS) is 17.2.